The summed E-state index contributed by atoms with van der Waals surface area (Å²) in [5.74, 6) is -0.805. The first-order valence-corrected chi connectivity index (χ1v) is 6.80. The van der Waals surface area contributed by atoms with Crippen molar-refractivity contribution in [1.82, 2.24) is 4.90 Å². The van der Waals surface area contributed by atoms with Crippen LogP contribution in [0.5, 0.6) is 0 Å². The van der Waals surface area contributed by atoms with Gasteiger partial charge in [0.25, 0.3) is 0 Å². The molecule has 19 heavy (non-hydrogen) atoms. The average molecular weight is 275 g/mol. The molecule has 1 heterocycles. The second-order valence-corrected chi connectivity index (χ2v) is 5.10. The van der Waals surface area contributed by atoms with Gasteiger partial charge in [-0.2, -0.15) is 0 Å². The minimum atomic E-state index is -0.805. The van der Waals surface area contributed by atoms with Gasteiger partial charge < -0.3 is 19.7 Å². The summed E-state index contributed by atoms with van der Waals surface area (Å²) in [6.45, 7) is 3.62. The van der Waals surface area contributed by atoms with Crippen LogP contribution in [-0.4, -0.2) is 72.7 Å². The number of aliphatic hydroxyl groups is 1. The molecule has 0 radical (unpaired) electrons. The number of aliphatic carboxylic acids is 1. The minimum Gasteiger partial charge on any atom is -0.480 e. The van der Waals surface area contributed by atoms with Crippen LogP contribution < -0.4 is 0 Å². The zero-order valence-corrected chi connectivity index (χ0v) is 11.7. The van der Waals surface area contributed by atoms with Crippen molar-refractivity contribution < 1.29 is 24.5 Å². The van der Waals surface area contributed by atoms with Gasteiger partial charge in [-0.15, -0.1) is 0 Å². The number of carboxylic acids is 1. The number of rotatable bonds is 8. The molecule has 3 unspecified atom stereocenters. The molecule has 1 aliphatic rings. The van der Waals surface area contributed by atoms with Crippen molar-refractivity contribution in [2.24, 2.45) is 0 Å². The number of carboxylic acid groups (broad SMARTS) is 1. The predicted molar refractivity (Wildman–Crippen MR) is 70.1 cm³/mol. The summed E-state index contributed by atoms with van der Waals surface area (Å²) >= 11 is 0. The van der Waals surface area contributed by atoms with E-state index in [1.165, 1.54) is 0 Å². The molecule has 0 spiro atoms. The summed E-state index contributed by atoms with van der Waals surface area (Å²) in [7, 11) is 1.60. The Bertz CT molecular complexity index is 274. The SMILES string of the molecule is COCC(C)OCC(O)CN1CCCCC1C(=O)O. The van der Waals surface area contributed by atoms with Crippen LogP contribution in [0.4, 0.5) is 0 Å². The van der Waals surface area contributed by atoms with E-state index in [2.05, 4.69) is 0 Å². The molecular weight excluding hydrogens is 250 g/mol. The normalized spacial score (nSPS) is 24.1. The zero-order chi connectivity index (χ0) is 14.3. The number of nitrogens with zero attached hydrogens (tertiary/aromatic N) is 1. The monoisotopic (exact) mass is 275 g/mol. The fourth-order valence-corrected chi connectivity index (χ4v) is 2.37. The van der Waals surface area contributed by atoms with Crippen molar-refractivity contribution in [3.63, 3.8) is 0 Å². The molecule has 6 nitrogen and oxygen atoms in total. The summed E-state index contributed by atoms with van der Waals surface area (Å²) in [6.07, 6.45) is 1.83. The number of aliphatic hydroxyl groups excluding tert-OH is 1. The lowest BCUT2D eigenvalue weighted by molar-refractivity contribution is -0.145. The van der Waals surface area contributed by atoms with E-state index in [1.807, 2.05) is 11.8 Å². The van der Waals surface area contributed by atoms with Gasteiger partial charge >= 0.3 is 5.97 Å². The van der Waals surface area contributed by atoms with Gasteiger partial charge in [-0.05, 0) is 26.3 Å². The molecule has 0 saturated carbocycles. The Kier molecular flexibility index (Phi) is 7.30. The molecule has 0 aliphatic carbocycles. The van der Waals surface area contributed by atoms with E-state index in [9.17, 15) is 9.90 Å². The Morgan fingerprint density at radius 2 is 2.16 bits per heavy atom. The zero-order valence-electron chi connectivity index (χ0n) is 11.7. The fraction of sp³-hybridized carbons (Fsp3) is 0.923. The second kappa shape index (κ2) is 8.47. The fourth-order valence-electron chi connectivity index (χ4n) is 2.37. The van der Waals surface area contributed by atoms with Gasteiger partial charge in [-0.25, -0.2) is 0 Å². The molecule has 1 saturated heterocycles. The van der Waals surface area contributed by atoms with Crippen LogP contribution in [0.2, 0.25) is 0 Å². The average Bonchev–Trinajstić information content (AvgIpc) is 2.37. The van der Waals surface area contributed by atoms with Gasteiger partial charge in [0, 0.05) is 13.7 Å². The van der Waals surface area contributed by atoms with Gasteiger partial charge in [-0.3, -0.25) is 9.69 Å². The highest BCUT2D eigenvalue weighted by molar-refractivity contribution is 5.73. The molecule has 1 aliphatic heterocycles. The maximum absolute atomic E-state index is 11.1. The van der Waals surface area contributed by atoms with Gasteiger partial charge in [0.2, 0.25) is 0 Å². The Balaban J connectivity index is 2.33. The van der Waals surface area contributed by atoms with E-state index in [0.29, 0.717) is 19.6 Å². The van der Waals surface area contributed by atoms with Crippen LogP contribution >= 0.6 is 0 Å². The van der Waals surface area contributed by atoms with Gasteiger partial charge in [0.15, 0.2) is 0 Å². The molecule has 3 atom stereocenters. The Labute approximate surface area is 114 Å². The van der Waals surface area contributed by atoms with E-state index in [0.717, 1.165) is 19.4 Å². The van der Waals surface area contributed by atoms with Crippen LogP contribution in [0.1, 0.15) is 26.2 Å². The molecule has 6 heteroatoms. The first-order valence-electron chi connectivity index (χ1n) is 6.80. The lowest BCUT2D eigenvalue weighted by atomic mass is 10.0. The quantitative estimate of drug-likeness (QED) is 0.665. The number of methoxy groups -OCH3 is 1. The van der Waals surface area contributed by atoms with E-state index in [1.54, 1.807) is 7.11 Å². The van der Waals surface area contributed by atoms with Crippen molar-refractivity contribution >= 4 is 5.97 Å². The molecule has 0 aromatic heterocycles. The van der Waals surface area contributed by atoms with E-state index >= 15 is 0 Å². The highest BCUT2D eigenvalue weighted by atomic mass is 16.5. The van der Waals surface area contributed by atoms with Crippen LogP contribution in [0, 0.1) is 0 Å². The molecule has 0 aromatic rings. The Morgan fingerprint density at radius 1 is 1.42 bits per heavy atom. The van der Waals surface area contributed by atoms with Crippen LogP contribution in [0.25, 0.3) is 0 Å². The topological polar surface area (TPSA) is 79.2 Å². The number of carbonyl (C=O) groups is 1. The molecule has 0 amide bonds. The standard InChI is InChI=1S/C13H25NO5/c1-10(8-18-2)19-9-11(15)7-14-6-4-3-5-12(14)13(16)17/h10-12,15H,3-9H2,1-2H3,(H,16,17). The maximum atomic E-state index is 11.1. The van der Waals surface area contributed by atoms with Crippen molar-refractivity contribution in [2.75, 3.05) is 33.4 Å². The van der Waals surface area contributed by atoms with Crippen molar-refractivity contribution in [1.29, 1.82) is 0 Å². The summed E-state index contributed by atoms with van der Waals surface area (Å²) in [6, 6.07) is -0.472. The van der Waals surface area contributed by atoms with Gasteiger partial charge in [-0.1, -0.05) is 6.42 Å². The predicted octanol–water partition coefficient (Wildman–Crippen LogP) is 0.338. The van der Waals surface area contributed by atoms with Crippen molar-refractivity contribution in [3.05, 3.63) is 0 Å². The van der Waals surface area contributed by atoms with Gasteiger partial charge in [0.05, 0.1) is 25.4 Å². The van der Waals surface area contributed by atoms with E-state index in [4.69, 9.17) is 14.6 Å². The summed E-state index contributed by atoms with van der Waals surface area (Å²) in [5, 5.41) is 19.1. The molecule has 0 aromatic carbocycles. The number of ether oxygens (including phenoxy) is 2. The van der Waals surface area contributed by atoms with Crippen molar-refractivity contribution in [3.8, 4) is 0 Å². The second-order valence-electron chi connectivity index (χ2n) is 5.10. The first-order chi connectivity index (χ1) is 9.04. The molecule has 2 N–H and O–H groups in total. The third kappa shape index (κ3) is 5.86. The van der Waals surface area contributed by atoms with Crippen LogP contribution in [0.15, 0.2) is 0 Å². The third-order valence-corrected chi connectivity index (χ3v) is 3.32. The van der Waals surface area contributed by atoms with E-state index < -0.39 is 18.1 Å². The molecule has 1 fully saturated rings. The number of hydrogen-bond donors (Lipinski definition) is 2. The summed E-state index contributed by atoms with van der Waals surface area (Å²) in [4.78, 5) is 13.0. The smallest absolute Gasteiger partial charge is 0.320 e. The van der Waals surface area contributed by atoms with Crippen molar-refractivity contribution in [2.45, 2.75) is 44.4 Å². The minimum absolute atomic E-state index is 0.0729. The van der Waals surface area contributed by atoms with Crippen LogP contribution in [0.3, 0.4) is 0 Å². The summed E-state index contributed by atoms with van der Waals surface area (Å²) < 4.78 is 10.4. The maximum Gasteiger partial charge on any atom is 0.320 e. The van der Waals surface area contributed by atoms with Gasteiger partial charge in [0.1, 0.15) is 6.04 Å². The Morgan fingerprint density at radius 3 is 2.79 bits per heavy atom. The number of hydrogen-bond acceptors (Lipinski definition) is 5. The molecule has 1 rings (SSSR count). The lowest BCUT2D eigenvalue weighted by Crippen LogP contribution is -2.48. The first kappa shape index (κ1) is 16.4. The highest BCUT2D eigenvalue weighted by Gasteiger charge is 2.29. The largest absolute Gasteiger partial charge is 0.480 e. The Hall–Kier alpha value is -0.690. The number of piperidine rings is 1. The summed E-state index contributed by atoms with van der Waals surface area (Å²) in [5.41, 5.74) is 0. The molecule has 0 bridgehead atoms. The molecule has 112 valence electrons. The van der Waals surface area contributed by atoms with Crippen LogP contribution in [-0.2, 0) is 14.3 Å². The molecular formula is C13H25NO5. The van der Waals surface area contributed by atoms with E-state index in [-0.39, 0.29) is 12.7 Å². The highest BCUT2D eigenvalue weighted by Crippen LogP contribution is 2.17. The lowest BCUT2D eigenvalue weighted by Gasteiger charge is -2.34. The number of β-amino-alcohol motifs (C(OH)–C–C–N with tert-alkyl or cyclic N) is 1. The number of likely N-dealkylation sites (tertiary alicyclic amines) is 1. The third-order valence-electron chi connectivity index (χ3n) is 3.32.